The molecule has 2 saturated heterocycles. The predicted molar refractivity (Wildman–Crippen MR) is 89.0 cm³/mol. The number of morpholine rings is 1. The lowest BCUT2D eigenvalue weighted by molar-refractivity contribution is -0.129. The molecule has 2 fully saturated rings. The van der Waals surface area contributed by atoms with Crippen LogP contribution < -0.4 is 5.32 Å². The number of carbonyl (C=O) groups excluding carboxylic acids is 2. The number of ether oxygens (including phenoxy) is 1. The van der Waals surface area contributed by atoms with E-state index in [2.05, 4.69) is 24.1 Å². The van der Waals surface area contributed by atoms with Crippen molar-refractivity contribution >= 4 is 11.8 Å². The van der Waals surface area contributed by atoms with Crippen LogP contribution in [0.5, 0.6) is 0 Å². The molecule has 2 heterocycles. The lowest BCUT2D eigenvalue weighted by Crippen LogP contribution is -2.39. The Kier molecular flexibility index (Phi) is 7.30. The summed E-state index contributed by atoms with van der Waals surface area (Å²) in [6, 6.07) is 0. The van der Waals surface area contributed by atoms with Crippen LogP contribution in [0.4, 0.5) is 0 Å². The average molecular weight is 325 g/mol. The highest BCUT2D eigenvalue weighted by Crippen LogP contribution is 2.19. The molecular formula is C17H31N3O3. The lowest BCUT2D eigenvalue weighted by Gasteiger charge is -2.26. The topological polar surface area (TPSA) is 61.9 Å². The Morgan fingerprint density at radius 3 is 2.74 bits per heavy atom. The third-order valence-corrected chi connectivity index (χ3v) is 4.62. The van der Waals surface area contributed by atoms with Crippen molar-refractivity contribution < 1.29 is 14.3 Å². The Balaban J connectivity index is 1.61. The SMILES string of the molecule is CC(C)CCN1CC(C(=O)NCCCN2CCOCC2)CC1=O. The summed E-state index contributed by atoms with van der Waals surface area (Å²) in [7, 11) is 0. The molecule has 132 valence electrons. The van der Waals surface area contributed by atoms with Crippen LogP contribution in [0.1, 0.15) is 33.1 Å². The lowest BCUT2D eigenvalue weighted by atomic mass is 10.1. The maximum atomic E-state index is 12.2. The van der Waals surface area contributed by atoms with Gasteiger partial charge in [-0.25, -0.2) is 0 Å². The Hall–Kier alpha value is -1.14. The van der Waals surface area contributed by atoms with Crippen molar-refractivity contribution in [3.05, 3.63) is 0 Å². The Morgan fingerprint density at radius 2 is 2.04 bits per heavy atom. The molecule has 0 saturated carbocycles. The Bertz CT molecular complexity index is 395. The fourth-order valence-electron chi connectivity index (χ4n) is 3.06. The van der Waals surface area contributed by atoms with Crippen molar-refractivity contribution in [1.29, 1.82) is 0 Å². The number of amides is 2. The van der Waals surface area contributed by atoms with Gasteiger partial charge in [0.15, 0.2) is 0 Å². The van der Waals surface area contributed by atoms with Crippen molar-refractivity contribution in [2.45, 2.75) is 33.1 Å². The highest BCUT2D eigenvalue weighted by Gasteiger charge is 2.33. The van der Waals surface area contributed by atoms with Gasteiger partial charge >= 0.3 is 0 Å². The first kappa shape index (κ1) is 18.2. The van der Waals surface area contributed by atoms with E-state index < -0.39 is 0 Å². The van der Waals surface area contributed by atoms with E-state index in [1.54, 1.807) is 0 Å². The van der Waals surface area contributed by atoms with E-state index in [0.29, 0.717) is 25.4 Å². The van der Waals surface area contributed by atoms with Gasteiger partial charge in [-0.15, -0.1) is 0 Å². The molecule has 0 aromatic carbocycles. The van der Waals surface area contributed by atoms with Crippen molar-refractivity contribution in [1.82, 2.24) is 15.1 Å². The summed E-state index contributed by atoms with van der Waals surface area (Å²) in [6.45, 7) is 10.9. The van der Waals surface area contributed by atoms with Crippen LogP contribution in [0.15, 0.2) is 0 Å². The fourth-order valence-corrected chi connectivity index (χ4v) is 3.06. The molecule has 1 unspecified atom stereocenters. The van der Waals surface area contributed by atoms with Gasteiger partial charge in [-0.05, 0) is 25.3 Å². The first-order valence-electron chi connectivity index (χ1n) is 8.92. The van der Waals surface area contributed by atoms with Gasteiger partial charge in [-0.3, -0.25) is 14.5 Å². The number of likely N-dealkylation sites (tertiary alicyclic amines) is 1. The molecule has 2 aliphatic heterocycles. The molecule has 2 amide bonds. The highest BCUT2D eigenvalue weighted by atomic mass is 16.5. The van der Waals surface area contributed by atoms with E-state index >= 15 is 0 Å². The van der Waals surface area contributed by atoms with Crippen LogP contribution in [0.25, 0.3) is 0 Å². The average Bonchev–Trinajstić information content (AvgIpc) is 2.91. The summed E-state index contributed by atoms with van der Waals surface area (Å²) in [5.41, 5.74) is 0. The molecule has 2 aliphatic rings. The zero-order chi connectivity index (χ0) is 16.7. The fraction of sp³-hybridized carbons (Fsp3) is 0.882. The number of hydrogen-bond donors (Lipinski definition) is 1. The summed E-state index contributed by atoms with van der Waals surface area (Å²) in [5, 5.41) is 2.99. The van der Waals surface area contributed by atoms with Gasteiger partial charge in [-0.2, -0.15) is 0 Å². The predicted octanol–water partition coefficient (Wildman–Crippen LogP) is 0.720. The minimum Gasteiger partial charge on any atom is -0.379 e. The molecule has 1 N–H and O–H groups in total. The minimum atomic E-state index is -0.168. The standard InChI is InChI=1S/C17H31N3O3/c1-14(2)4-7-20-13-15(12-16(20)21)17(22)18-5-3-6-19-8-10-23-11-9-19/h14-15H,3-13H2,1-2H3,(H,18,22). The van der Waals surface area contributed by atoms with Crippen molar-refractivity contribution in [3.8, 4) is 0 Å². The molecule has 0 spiro atoms. The third kappa shape index (κ3) is 6.11. The van der Waals surface area contributed by atoms with Crippen LogP contribution in [-0.4, -0.2) is 74.1 Å². The van der Waals surface area contributed by atoms with Crippen molar-refractivity contribution in [3.63, 3.8) is 0 Å². The molecule has 0 aromatic rings. The first-order valence-corrected chi connectivity index (χ1v) is 8.92. The van der Waals surface area contributed by atoms with E-state index in [1.807, 2.05) is 4.90 Å². The second-order valence-electron chi connectivity index (χ2n) is 7.02. The summed E-state index contributed by atoms with van der Waals surface area (Å²) < 4.78 is 5.32. The molecule has 6 heteroatoms. The summed E-state index contributed by atoms with van der Waals surface area (Å²) in [5.74, 6) is 0.570. The molecule has 0 aliphatic carbocycles. The van der Waals surface area contributed by atoms with Gasteiger partial charge in [0.25, 0.3) is 0 Å². The zero-order valence-electron chi connectivity index (χ0n) is 14.6. The van der Waals surface area contributed by atoms with Gasteiger partial charge in [0, 0.05) is 39.1 Å². The van der Waals surface area contributed by atoms with E-state index in [-0.39, 0.29) is 17.7 Å². The largest absolute Gasteiger partial charge is 0.379 e. The molecule has 0 radical (unpaired) electrons. The normalized spacial score (nSPS) is 22.8. The third-order valence-electron chi connectivity index (χ3n) is 4.62. The zero-order valence-corrected chi connectivity index (χ0v) is 14.6. The number of nitrogens with one attached hydrogen (secondary N) is 1. The summed E-state index contributed by atoms with van der Waals surface area (Å²) >= 11 is 0. The number of nitrogens with zero attached hydrogens (tertiary/aromatic N) is 2. The van der Waals surface area contributed by atoms with Crippen LogP contribution in [-0.2, 0) is 14.3 Å². The monoisotopic (exact) mass is 325 g/mol. The molecule has 2 rings (SSSR count). The Labute approximate surface area is 139 Å². The minimum absolute atomic E-state index is 0.0346. The van der Waals surface area contributed by atoms with Crippen LogP contribution in [0.2, 0.25) is 0 Å². The molecule has 1 atom stereocenters. The molecular weight excluding hydrogens is 294 g/mol. The summed E-state index contributed by atoms with van der Waals surface area (Å²) in [4.78, 5) is 28.4. The van der Waals surface area contributed by atoms with E-state index in [9.17, 15) is 9.59 Å². The number of rotatable bonds is 8. The number of hydrogen-bond acceptors (Lipinski definition) is 4. The smallest absolute Gasteiger partial charge is 0.225 e. The molecule has 0 bridgehead atoms. The van der Waals surface area contributed by atoms with Crippen LogP contribution in [0.3, 0.4) is 0 Å². The van der Waals surface area contributed by atoms with Crippen molar-refractivity contribution in [2.24, 2.45) is 11.8 Å². The second kappa shape index (κ2) is 9.23. The van der Waals surface area contributed by atoms with E-state index in [0.717, 1.165) is 52.2 Å². The maximum Gasteiger partial charge on any atom is 0.225 e. The second-order valence-corrected chi connectivity index (χ2v) is 7.02. The van der Waals surface area contributed by atoms with Crippen molar-refractivity contribution in [2.75, 3.05) is 52.5 Å². The van der Waals surface area contributed by atoms with Gasteiger partial charge < -0.3 is 15.0 Å². The maximum absolute atomic E-state index is 12.2. The summed E-state index contributed by atoms with van der Waals surface area (Å²) in [6.07, 6.45) is 2.32. The van der Waals surface area contributed by atoms with Gasteiger partial charge in [0.05, 0.1) is 19.1 Å². The molecule has 0 aromatic heterocycles. The Morgan fingerprint density at radius 1 is 1.30 bits per heavy atom. The van der Waals surface area contributed by atoms with E-state index in [4.69, 9.17) is 4.74 Å². The van der Waals surface area contributed by atoms with Gasteiger partial charge in [-0.1, -0.05) is 13.8 Å². The number of carbonyl (C=O) groups is 2. The molecule has 6 nitrogen and oxygen atoms in total. The highest BCUT2D eigenvalue weighted by molar-refractivity contribution is 5.89. The van der Waals surface area contributed by atoms with Crippen LogP contribution in [0, 0.1) is 11.8 Å². The molecule has 23 heavy (non-hydrogen) atoms. The van der Waals surface area contributed by atoms with Gasteiger partial charge in [0.2, 0.25) is 11.8 Å². The first-order chi connectivity index (χ1) is 11.1. The van der Waals surface area contributed by atoms with E-state index in [1.165, 1.54) is 0 Å². The van der Waals surface area contributed by atoms with Crippen LogP contribution >= 0.6 is 0 Å². The quantitative estimate of drug-likeness (QED) is 0.668. The van der Waals surface area contributed by atoms with Gasteiger partial charge in [0.1, 0.15) is 0 Å².